The van der Waals surface area contributed by atoms with Crippen LogP contribution in [-0.4, -0.2) is 33.6 Å². The number of unbranched alkanes of at least 4 members (excludes halogenated alkanes) is 2. The van der Waals surface area contributed by atoms with Crippen LogP contribution in [0.3, 0.4) is 0 Å². The summed E-state index contributed by atoms with van der Waals surface area (Å²) in [6.07, 6.45) is 0.684. The minimum atomic E-state index is -3.52. The molecule has 0 saturated heterocycles. The molecule has 152 valence electrons. The molecule has 13 heteroatoms. The predicted octanol–water partition coefficient (Wildman–Crippen LogP) is 1.98. The molecular weight excluding hydrogens is 418 g/mol. The van der Waals surface area contributed by atoms with Gasteiger partial charge in [-0.1, -0.05) is 6.42 Å². The van der Waals surface area contributed by atoms with Gasteiger partial charge in [0.05, 0.1) is 0 Å². The Morgan fingerprint density at radius 1 is 1.11 bits per heavy atom. The monoisotopic (exact) mass is 433 g/mol. The van der Waals surface area contributed by atoms with Crippen molar-refractivity contribution in [2.45, 2.75) is 25.7 Å². The van der Waals surface area contributed by atoms with Crippen molar-refractivity contribution in [3.05, 3.63) is 29.3 Å². The van der Waals surface area contributed by atoms with E-state index in [1.165, 1.54) is 0 Å². The highest BCUT2D eigenvalue weighted by Gasteiger charge is 2.22. The normalized spacial score (nSPS) is 13.1. The molecule has 1 unspecified atom stereocenters. The Labute approximate surface area is 156 Å². The fourth-order valence-electron chi connectivity index (χ4n) is 1.84. The molecule has 1 aromatic carbocycles. The third-order valence-electron chi connectivity index (χ3n) is 3.09. The number of carbonyl (C=O) groups is 2. The lowest BCUT2D eigenvalue weighted by molar-refractivity contribution is -0.135. The minimum Gasteiger partial charge on any atom is -0.420 e. The summed E-state index contributed by atoms with van der Waals surface area (Å²) < 4.78 is 71.7. The van der Waals surface area contributed by atoms with E-state index in [2.05, 4.69) is 25.6 Å². The Morgan fingerprint density at radius 2 is 1.70 bits per heavy atom. The maximum atomic E-state index is 13.4. The molecule has 2 N–H and O–H groups in total. The number of hydrogen-bond acceptors (Lipinski definition) is 7. The van der Waals surface area contributed by atoms with E-state index in [-0.39, 0.29) is 25.5 Å². The Morgan fingerprint density at radius 3 is 2.26 bits per heavy atom. The Kier molecular flexibility index (Phi) is 9.02. The van der Waals surface area contributed by atoms with Crippen LogP contribution in [0.5, 0.6) is 5.75 Å². The highest BCUT2D eigenvalue weighted by molar-refractivity contribution is 8.30. The first-order valence-corrected chi connectivity index (χ1v) is 10.0. The number of ether oxygens (including phenoxy) is 1. The van der Waals surface area contributed by atoms with E-state index >= 15 is 0 Å². The van der Waals surface area contributed by atoms with E-state index in [0.29, 0.717) is 12.8 Å². The van der Waals surface area contributed by atoms with Crippen LogP contribution in [0.1, 0.15) is 25.7 Å². The SMILES string of the molecule is O=C(CS(=O)(=S)OO)NCCCCCC(=O)Oc1c(F)c(F)cc(F)c1F. The number of esters is 1. The molecule has 0 aromatic heterocycles. The van der Waals surface area contributed by atoms with Gasteiger partial charge >= 0.3 is 5.97 Å². The van der Waals surface area contributed by atoms with Crippen molar-refractivity contribution in [3.63, 3.8) is 0 Å². The summed E-state index contributed by atoms with van der Waals surface area (Å²) in [5.41, 5.74) is 0. The van der Waals surface area contributed by atoms with Gasteiger partial charge in [-0.05, 0) is 12.8 Å². The van der Waals surface area contributed by atoms with E-state index < -0.39 is 55.4 Å². The first-order chi connectivity index (χ1) is 12.6. The van der Waals surface area contributed by atoms with Gasteiger partial charge in [-0.2, -0.15) is 8.78 Å². The van der Waals surface area contributed by atoms with Gasteiger partial charge in [0.2, 0.25) is 23.3 Å². The number of benzene rings is 1. The van der Waals surface area contributed by atoms with Crippen LogP contribution in [-0.2, 0) is 33.9 Å². The first kappa shape index (κ1) is 23.2. The molecule has 1 atom stereocenters. The van der Waals surface area contributed by atoms with Gasteiger partial charge in [0, 0.05) is 30.2 Å². The Bertz CT molecular complexity index is 777. The quantitative estimate of drug-likeness (QED) is 0.111. The summed E-state index contributed by atoms with van der Waals surface area (Å²) in [7, 11) is -3.52. The number of nitrogens with one attached hydrogen (secondary N) is 1. The Hall–Kier alpha value is -1.83. The van der Waals surface area contributed by atoms with Gasteiger partial charge in [0.25, 0.3) is 0 Å². The standard InChI is InChI=1S/C14H15F4NO6S2/c15-8-6-9(16)13(18)14(12(8)17)24-11(21)4-2-1-3-5-19-10(20)7-27(23,26)25-22/h6,22H,1-5,7H2,(H,19,20). The fraction of sp³-hybridized carbons (Fsp3) is 0.429. The zero-order chi connectivity index (χ0) is 20.6. The van der Waals surface area contributed by atoms with Crippen molar-refractivity contribution in [2.24, 2.45) is 0 Å². The maximum Gasteiger partial charge on any atom is 0.311 e. The average Bonchev–Trinajstić information content (AvgIpc) is 2.59. The van der Waals surface area contributed by atoms with Crippen LogP contribution < -0.4 is 10.1 Å². The van der Waals surface area contributed by atoms with E-state index in [0.717, 1.165) is 0 Å². The molecule has 0 aliphatic heterocycles. The van der Waals surface area contributed by atoms with E-state index in [1.807, 2.05) is 0 Å². The molecular formula is C14H15F4NO6S2. The van der Waals surface area contributed by atoms with Crippen LogP contribution >= 0.6 is 0 Å². The highest BCUT2D eigenvalue weighted by Crippen LogP contribution is 2.26. The molecule has 0 heterocycles. The topological polar surface area (TPSA) is 102 Å². The lowest BCUT2D eigenvalue weighted by Gasteiger charge is -2.08. The van der Waals surface area contributed by atoms with E-state index in [9.17, 15) is 31.4 Å². The Balaban J connectivity index is 2.32. The van der Waals surface area contributed by atoms with Crippen molar-refractivity contribution in [1.82, 2.24) is 5.32 Å². The number of halogens is 4. The second kappa shape index (κ2) is 10.5. The summed E-state index contributed by atoms with van der Waals surface area (Å²) in [6, 6.07) is -0.00661. The smallest absolute Gasteiger partial charge is 0.311 e. The van der Waals surface area contributed by atoms with Crippen LogP contribution in [0.25, 0.3) is 0 Å². The molecule has 0 spiro atoms. The van der Waals surface area contributed by atoms with Crippen molar-refractivity contribution in [1.29, 1.82) is 0 Å². The van der Waals surface area contributed by atoms with Gasteiger partial charge < -0.3 is 10.1 Å². The molecule has 0 bridgehead atoms. The molecule has 1 amide bonds. The van der Waals surface area contributed by atoms with Gasteiger partial charge in [0.1, 0.15) is 5.75 Å². The van der Waals surface area contributed by atoms with Gasteiger partial charge in [-0.3, -0.25) is 9.59 Å². The van der Waals surface area contributed by atoms with Crippen LogP contribution in [0.2, 0.25) is 0 Å². The van der Waals surface area contributed by atoms with Crippen molar-refractivity contribution in [3.8, 4) is 5.75 Å². The van der Waals surface area contributed by atoms with Gasteiger partial charge in [0.15, 0.2) is 20.4 Å². The first-order valence-electron chi connectivity index (χ1n) is 7.43. The van der Waals surface area contributed by atoms with E-state index in [1.54, 1.807) is 0 Å². The average molecular weight is 433 g/mol. The minimum absolute atomic E-state index is 0.00661. The third kappa shape index (κ3) is 7.74. The summed E-state index contributed by atoms with van der Waals surface area (Å²) in [5, 5.41) is 10.6. The van der Waals surface area contributed by atoms with Crippen molar-refractivity contribution < 1.29 is 45.7 Å². The zero-order valence-corrected chi connectivity index (χ0v) is 15.3. The second-order valence-corrected chi connectivity index (χ2v) is 8.29. The summed E-state index contributed by atoms with van der Waals surface area (Å²) in [4.78, 5) is 22.8. The van der Waals surface area contributed by atoms with Crippen molar-refractivity contribution in [2.75, 3.05) is 12.3 Å². The summed E-state index contributed by atoms with van der Waals surface area (Å²) >= 11 is 4.30. The lowest BCUT2D eigenvalue weighted by Crippen LogP contribution is -2.31. The maximum absolute atomic E-state index is 13.4. The second-order valence-electron chi connectivity index (χ2n) is 5.21. The molecule has 27 heavy (non-hydrogen) atoms. The largest absolute Gasteiger partial charge is 0.420 e. The number of amides is 1. The van der Waals surface area contributed by atoms with E-state index in [4.69, 9.17) is 5.26 Å². The lowest BCUT2D eigenvalue weighted by atomic mass is 10.2. The molecule has 0 aliphatic rings. The van der Waals surface area contributed by atoms with Crippen LogP contribution in [0, 0.1) is 23.3 Å². The molecule has 0 radical (unpaired) electrons. The van der Waals surface area contributed by atoms with Gasteiger partial charge in [-0.15, -0.1) is 4.33 Å². The molecule has 0 aliphatic carbocycles. The predicted molar refractivity (Wildman–Crippen MR) is 87.5 cm³/mol. The van der Waals surface area contributed by atoms with Crippen LogP contribution in [0.4, 0.5) is 17.6 Å². The molecule has 7 nitrogen and oxygen atoms in total. The summed E-state index contributed by atoms with van der Waals surface area (Å²) in [6.45, 7) is 0.141. The molecule has 0 fully saturated rings. The molecule has 1 aromatic rings. The highest BCUT2D eigenvalue weighted by atomic mass is 32.8. The van der Waals surface area contributed by atoms with Gasteiger partial charge in [-0.25, -0.2) is 18.2 Å². The number of rotatable bonds is 10. The van der Waals surface area contributed by atoms with Crippen LogP contribution in [0.15, 0.2) is 6.07 Å². The summed E-state index contributed by atoms with van der Waals surface area (Å²) in [5.74, 6) is -10.9. The third-order valence-corrected chi connectivity index (χ3v) is 4.47. The molecule has 0 saturated carbocycles. The zero-order valence-electron chi connectivity index (χ0n) is 13.6. The fourth-order valence-corrected chi connectivity index (χ4v) is 2.64. The number of carbonyl (C=O) groups excluding carboxylic acids is 2. The van der Waals surface area contributed by atoms with Crippen molar-refractivity contribution >= 4 is 31.8 Å². The number of hydrogen-bond donors (Lipinski definition) is 2. The molecule has 1 rings (SSSR count).